The van der Waals surface area contributed by atoms with Crippen LogP contribution >= 0.6 is 0 Å². The molecule has 2 atom stereocenters. The van der Waals surface area contributed by atoms with E-state index < -0.39 is 5.91 Å². The van der Waals surface area contributed by atoms with Crippen LogP contribution in [0.3, 0.4) is 0 Å². The second-order valence-electron chi connectivity index (χ2n) is 6.75. The molecular formula is C19H20AsFN3O2. The molecule has 1 saturated carbocycles. The minimum absolute atomic E-state index is 0.289. The van der Waals surface area contributed by atoms with E-state index in [-0.39, 0.29) is 21.8 Å². The summed E-state index contributed by atoms with van der Waals surface area (Å²) in [5.74, 6) is -0.268. The molecule has 0 aliphatic heterocycles. The Morgan fingerprint density at radius 2 is 2.23 bits per heavy atom. The Morgan fingerprint density at radius 1 is 1.38 bits per heavy atom. The molecule has 2 N–H and O–H groups in total. The second kappa shape index (κ2) is 7.01. The predicted octanol–water partition coefficient (Wildman–Crippen LogP) is 3.13. The van der Waals surface area contributed by atoms with Crippen molar-refractivity contribution in [2.45, 2.75) is 24.0 Å². The van der Waals surface area contributed by atoms with Gasteiger partial charge in [-0.1, -0.05) is 0 Å². The maximum atomic E-state index is 13.9. The average molecular weight is 416 g/mol. The number of fused-ring (bicyclic) bond motifs is 3. The van der Waals surface area contributed by atoms with Crippen molar-refractivity contribution in [1.82, 2.24) is 8.47 Å². The van der Waals surface area contributed by atoms with Gasteiger partial charge < -0.3 is 0 Å². The van der Waals surface area contributed by atoms with E-state index in [2.05, 4.69) is 8.47 Å². The number of nitrogens with two attached hydrogens (primary N) is 1. The fraction of sp³-hybridized carbons (Fsp3) is 0.368. The Bertz CT molecular complexity index is 988. The Balaban J connectivity index is 1.92. The predicted molar refractivity (Wildman–Crippen MR) is 99.8 cm³/mol. The summed E-state index contributed by atoms with van der Waals surface area (Å²) in [7, 11) is 1.74. The van der Waals surface area contributed by atoms with Gasteiger partial charge >= 0.3 is 157 Å². The molecule has 1 aliphatic rings. The number of carbonyl (C=O) groups excluding carboxylic acids is 1. The number of ether oxygens (including phenoxy) is 1. The van der Waals surface area contributed by atoms with E-state index in [4.69, 9.17) is 10.5 Å². The number of rotatable bonds is 5. The van der Waals surface area contributed by atoms with Gasteiger partial charge in [0.25, 0.3) is 0 Å². The first-order valence-electron chi connectivity index (χ1n) is 8.67. The van der Waals surface area contributed by atoms with Gasteiger partial charge in [0.05, 0.1) is 0 Å². The van der Waals surface area contributed by atoms with Crippen LogP contribution in [0.25, 0.3) is 21.8 Å². The van der Waals surface area contributed by atoms with Crippen molar-refractivity contribution in [3.63, 3.8) is 0 Å². The molecule has 0 bridgehead atoms. The molecule has 5 nitrogen and oxygen atoms in total. The van der Waals surface area contributed by atoms with Crippen LogP contribution in [0.15, 0.2) is 30.6 Å². The fourth-order valence-electron chi connectivity index (χ4n) is 3.93. The van der Waals surface area contributed by atoms with Gasteiger partial charge in [-0.05, 0) is 0 Å². The summed E-state index contributed by atoms with van der Waals surface area (Å²) < 4.78 is 22.0. The van der Waals surface area contributed by atoms with E-state index in [1.54, 1.807) is 19.4 Å². The number of amides is 1. The standard InChI is InChI=1S/C19H20AsFN3O2/c1-26-10-11-3-2-4-16(11)20-24-17-6-5-12(21)7-13(17)14-8-23-9-15(18(14)24)19(22)25/h5-9,11,16H,2-4,10H2,1H3,(H2,22,25). The zero-order valence-corrected chi connectivity index (χ0v) is 16.4. The van der Waals surface area contributed by atoms with Crippen LogP contribution in [0.1, 0.15) is 29.6 Å². The van der Waals surface area contributed by atoms with E-state index in [0.717, 1.165) is 34.8 Å². The first-order valence-corrected chi connectivity index (χ1v) is 10.6. The molecule has 0 spiro atoms. The number of nitrogens with zero attached hydrogens (tertiary/aromatic N) is 2. The van der Waals surface area contributed by atoms with Gasteiger partial charge in [-0.25, -0.2) is 0 Å². The molecule has 4 rings (SSSR count). The van der Waals surface area contributed by atoms with Gasteiger partial charge in [-0.15, -0.1) is 0 Å². The number of hydrogen-bond donors (Lipinski definition) is 1. The molecule has 26 heavy (non-hydrogen) atoms. The average Bonchev–Trinajstić information content (AvgIpc) is 3.18. The van der Waals surface area contributed by atoms with Crippen molar-refractivity contribution in [2.75, 3.05) is 13.7 Å². The molecule has 2 aromatic heterocycles. The molecule has 1 aliphatic carbocycles. The molecule has 2 heterocycles. The van der Waals surface area contributed by atoms with Gasteiger partial charge in [0.15, 0.2) is 0 Å². The van der Waals surface area contributed by atoms with Crippen molar-refractivity contribution >= 4 is 43.7 Å². The second-order valence-corrected chi connectivity index (χ2v) is 9.47. The van der Waals surface area contributed by atoms with Crippen LogP contribution in [0, 0.1) is 11.7 Å². The molecule has 7 heteroatoms. The topological polar surface area (TPSA) is 70.1 Å². The quantitative estimate of drug-likeness (QED) is 0.650. The minimum atomic E-state index is -0.506. The molecule has 1 aromatic carbocycles. The summed E-state index contributed by atoms with van der Waals surface area (Å²) >= 11 is -0.289. The van der Waals surface area contributed by atoms with Crippen LogP contribution in [-0.2, 0) is 4.74 Å². The molecule has 1 fully saturated rings. The van der Waals surface area contributed by atoms with Crippen molar-refractivity contribution in [2.24, 2.45) is 11.7 Å². The number of benzene rings is 1. The monoisotopic (exact) mass is 416 g/mol. The fourth-order valence-corrected chi connectivity index (χ4v) is 7.39. The summed E-state index contributed by atoms with van der Waals surface area (Å²) in [6.07, 6.45) is 6.74. The molecular weight excluding hydrogens is 396 g/mol. The SMILES string of the molecule is COCC1CCCC1[As]n1c2ccc(F)cc2c2cncc(C(N)=O)c21. The Kier molecular flexibility index (Phi) is 4.72. The van der Waals surface area contributed by atoms with Crippen LogP contribution in [0.2, 0.25) is 4.71 Å². The zero-order chi connectivity index (χ0) is 18.3. The molecule has 1 radical (unpaired) electrons. The van der Waals surface area contributed by atoms with Crippen molar-refractivity contribution in [1.29, 1.82) is 0 Å². The van der Waals surface area contributed by atoms with Gasteiger partial charge in [-0.3, -0.25) is 0 Å². The third-order valence-corrected chi connectivity index (χ3v) is 8.54. The molecule has 2 unspecified atom stereocenters. The van der Waals surface area contributed by atoms with Gasteiger partial charge in [0.1, 0.15) is 0 Å². The van der Waals surface area contributed by atoms with E-state index in [0.29, 0.717) is 16.2 Å². The molecule has 1 amide bonds. The summed E-state index contributed by atoms with van der Waals surface area (Å²) in [6.45, 7) is 0.760. The van der Waals surface area contributed by atoms with E-state index in [1.165, 1.54) is 31.2 Å². The number of pyridine rings is 1. The Morgan fingerprint density at radius 3 is 3.00 bits per heavy atom. The van der Waals surface area contributed by atoms with Gasteiger partial charge in [-0.2, -0.15) is 0 Å². The Labute approximate surface area is 157 Å². The summed E-state index contributed by atoms with van der Waals surface area (Å²) in [5.41, 5.74) is 7.74. The third kappa shape index (κ3) is 2.91. The van der Waals surface area contributed by atoms with E-state index in [1.807, 2.05) is 0 Å². The van der Waals surface area contributed by atoms with E-state index >= 15 is 0 Å². The van der Waals surface area contributed by atoms with Gasteiger partial charge in [0.2, 0.25) is 0 Å². The summed E-state index contributed by atoms with van der Waals surface area (Å²) in [4.78, 5) is 16.2. The number of hydrogen-bond acceptors (Lipinski definition) is 3. The number of primary amides is 1. The van der Waals surface area contributed by atoms with Gasteiger partial charge in [0, 0.05) is 0 Å². The number of halogens is 1. The van der Waals surface area contributed by atoms with Crippen molar-refractivity contribution < 1.29 is 13.9 Å². The van der Waals surface area contributed by atoms with Crippen LogP contribution in [0.4, 0.5) is 4.39 Å². The van der Waals surface area contributed by atoms with Crippen LogP contribution in [-0.4, -0.2) is 44.1 Å². The number of methoxy groups -OCH3 is 1. The first-order chi connectivity index (χ1) is 12.6. The number of aromatic nitrogens is 2. The van der Waals surface area contributed by atoms with E-state index in [9.17, 15) is 9.18 Å². The first kappa shape index (κ1) is 17.5. The zero-order valence-electron chi connectivity index (χ0n) is 14.5. The maximum absolute atomic E-state index is 13.9. The summed E-state index contributed by atoms with van der Waals surface area (Å²) in [5, 5.41) is 1.57. The summed E-state index contributed by atoms with van der Waals surface area (Å²) in [6, 6.07) is 4.78. The molecule has 0 saturated heterocycles. The van der Waals surface area contributed by atoms with Crippen LogP contribution < -0.4 is 5.73 Å². The molecule has 3 aromatic rings. The van der Waals surface area contributed by atoms with Crippen molar-refractivity contribution in [3.8, 4) is 0 Å². The van der Waals surface area contributed by atoms with Crippen LogP contribution in [0.5, 0.6) is 0 Å². The van der Waals surface area contributed by atoms with Crippen molar-refractivity contribution in [3.05, 3.63) is 42.0 Å². The molecule has 135 valence electrons. The number of carbonyl (C=O) groups is 1. The Hall–Kier alpha value is -1.91. The normalized spacial score (nSPS) is 20.7. The third-order valence-electron chi connectivity index (χ3n) is 5.14.